The number of benzene rings is 1. The van der Waals surface area contributed by atoms with E-state index in [1.807, 2.05) is 37.4 Å². The Morgan fingerprint density at radius 3 is 2.79 bits per heavy atom. The van der Waals surface area contributed by atoms with Crippen molar-refractivity contribution in [2.24, 2.45) is 0 Å². The lowest BCUT2D eigenvalue weighted by atomic mass is 10.0. The number of fused-ring (bicyclic) bond motifs is 1. The number of aryl methyl sites for hydroxylation is 1. The molecule has 2 unspecified atom stereocenters. The molecule has 2 atom stereocenters. The van der Waals surface area contributed by atoms with Crippen molar-refractivity contribution in [2.75, 3.05) is 11.5 Å². The van der Waals surface area contributed by atoms with Crippen molar-refractivity contribution in [1.82, 2.24) is 4.98 Å². The third-order valence-corrected chi connectivity index (χ3v) is 5.75. The van der Waals surface area contributed by atoms with Crippen LogP contribution < -0.4 is 9.64 Å². The largest absolute Gasteiger partial charge is 0.479 e. The number of esters is 1. The van der Waals surface area contributed by atoms with Crippen LogP contribution in [0.15, 0.2) is 23.6 Å². The predicted octanol–water partition coefficient (Wildman–Crippen LogP) is 4.61. The number of aromatic nitrogens is 1. The molecule has 1 aliphatic rings. The molecule has 0 spiro atoms. The molecule has 1 aromatic carbocycles. The van der Waals surface area contributed by atoms with Gasteiger partial charge >= 0.3 is 5.97 Å². The van der Waals surface area contributed by atoms with Crippen LogP contribution in [0.1, 0.15) is 52.0 Å². The lowest BCUT2D eigenvalue weighted by molar-refractivity contribution is -0.147. The molecule has 7 heteroatoms. The number of amides is 1. The molecule has 2 aromatic rings. The smallest absolute Gasteiger partial charge is 0.329 e. The summed E-state index contributed by atoms with van der Waals surface area (Å²) >= 11 is 1.64. The number of ether oxygens (including phenoxy) is 2. The van der Waals surface area contributed by atoms with Gasteiger partial charge in [-0.25, -0.2) is 9.78 Å². The third kappa shape index (κ3) is 4.45. The maximum absolute atomic E-state index is 13.0. The quantitative estimate of drug-likeness (QED) is 0.588. The lowest BCUT2D eigenvalue weighted by Gasteiger charge is -2.37. The van der Waals surface area contributed by atoms with Crippen molar-refractivity contribution in [3.05, 3.63) is 28.6 Å². The molecule has 3 rings (SSSR count). The van der Waals surface area contributed by atoms with Gasteiger partial charge in [-0.05, 0) is 50.8 Å². The highest BCUT2D eigenvalue weighted by Gasteiger charge is 2.39. The standard InChI is InChI=1S/C22H28N2O4S/c1-5-8-20-23-16(13-29-20)15-9-10-19-18(12-15)24(21(25)14(4)28-19)17(7-3)22(26)27-11-6-2/h9-10,12-14,17H,5-8,11H2,1-4H3. The number of rotatable bonds is 8. The summed E-state index contributed by atoms with van der Waals surface area (Å²) < 4.78 is 11.2. The van der Waals surface area contributed by atoms with Crippen molar-refractivity contribution in [2.45, 2.75) is 65.5 Å². The predicted molar refractivity (Wildman–Crippen MR) is 114 cm³/mol. The topological polar surface area (TPSA) is 68.7 Å². The van der Waals surface area contributed by atoms with E-state index in [1.54, 1.807) is 23.2 Å². The normalized spacial score (nSPS) is 16.9. The second kappa shape index (κ2) is 9.39. The molecule has 0 radical (unpaired) electrons. The van der Waals surface area contributed by atoms with Gasteiger partial charge in [0, 0.05) is 10.9 Å². The zero-order valence-corrected chi connectivity index (χ0v) is 18.3. The highest BCUT2D eigenvalue weighted by atomic mass is 32.1. The van der Waals surface area contributed by atoms with Crippen LogP contribution in [0.2, 0.25) is 0 Å². The highest BCUT2D eigenvalue weighted by Crippen LogP contribution is 2.39. The van der Waals surface area contributed by atoms with Gasteiger partial charge in [0.2, 0.25) is 0 Å². The van der Waals surface area contributed by atoms with E-state index in [0.717, 1.165) is 35.5 Å². The van der Waals surface area contributed by atoms with Gasteiger partial charge in [0.25, 0.3) is 5.91 Å². The molecule has 0 saturated heterocycles. The maximum Gasteiger partial charge on any atom is 0.329 e. The van der Waals surface area contributed by atoms with Gasteiger partial charge in [-0.15, -0.1) is 11.3 Å². The Balaban J connectivity index is 2.00. The molecule has 0 fully saturated rings. The van der Waals surface area contributed by atoms with Gasteiger partial charge in [0.05, 0.1) is 23.0 Å². The number of anilines is 1. The summed E-state index contributed by atoms with van der Waals surface area (Å²) in [5, 5.41) is 3.12. The van der Waals surface area contributed by atoms with Crippen molar-refractivity contribution in [1.29, 1.82) is 0 Å². The molecule has 1 aliphatic heterocycles. The molecule has 29 heavy (non-hydrogen) atoms. The molecule has 1 amide bonds. The fourth-order valence-corrected chi connectivity index (χ4v) is 4.28. The number of hydrogen-bond acceptors (Lipinski definition) is 6. The molecule has 156 valence electrons. The first-order valence-corrected chi connectivity index (χ1v) is 11.1. The fourth-order valence-electron chi connectivity index (χ4n) is 3.37. The average molecular weight is 417 g/mol. The molecule has 0 N–H and O–H groups in total. The van der Waals surface area contributed by atoms with Crippen molar-refractivity contribution >= 4 is 28.9 Å². The van der Waals surface area contributed by atoms with Crippen LogP contribution in [0.5, 0.6) is 5.75 Å². The molecule has 1 aromatic heterocycles. The fraction of sp³-hybridized carbons (Fsp3) is 0.500. The molecule has 0 aliphatic carbocycles. The first kappa shape index (κ1) is 21.3. The Labute approximate surface area is 175 Å². The van der Waals surface area contributed by atoms with Gasteiger partial charge in [0.15, 0.2) is 6.10 Å². The number of nitrogens with zero attached hydrogens (tertiary/aromatic N) is 2. The molecule has 0 bridgehead atoms. The Kier molecular flexibility index (Phi) is 6.90. The minimum atomic E-state index is -0.680. The summed E-state index contributed by atoms with van der Waals surface area (Å²) in [5.74, 6) is -0.0291. The van der Waals surface area contributed by atoms with Crippen molar-refractivity contribution in [3.8, 4) is 17.0 Å². The first-order valence-electron chi connectivity index (χ1n) is 10.2. The summed E-state index contributed by atoms with van der Waals surface area (Å²) in [6.07, 6.45) is 2.53. The van der Waals surface area contributed by atoms with Crippen LogP contribution in [0.3, 0.4) is 0 Å². The summed E-state index contributed by atoms with van der Waals surface area (Å²) in [7, 11) is 0. The van der Waals surface area contributed by atoms with Gasteiger partial charge in [-0.1, -0.05) is 20.8 Å². The number of carbonyl (C=O) groups excluding carboxylic acids is 2. The van der Waals surface area contributed by atoms with E-state index in [4.69, 9.17) is 14.5 Å². The van der Waals surface area contributed by atoms with Gasteiger partial charge < -0.3 is 9.47 Å². The van der Waals surface area contributed by atoms with Crippen LogP contribution in [0.4, 0.5) is 5.69 Å². The van der Waals surface area contributed by atoms with Crippen molar-refractivity contribution < 1.29 is 19.1 Å². The summed E-state index contributed by atoms with van der Waals surface area (Å²) in [4.78, 5) is 31.9. The Hall–Kier alpha value is -2.41. The van der Waals surface area contributed by atoms with Crippen LogP contribution >= 0.6 is 11.3 Å². The minimum absolute atomic E-state index is 0.236. The van der Waals surface area contributed by atoms with E-state index in [9.17, 15) is 9.59 Å². The first-order chi connectivity index (χ1) is 14.0. The van der Waals surface area contributed by atoms with Crippen molar-refractivity contribution in [3.63, 3.8) is 0 Å². The molecule has 0 saturated carbocycles. The Bertz CT molecular complexity index is 879. The van der Waals surface area contributed by atoms with Crippen LogP contribution in [-0.2, 0) is 20.7 Å². The molecular weight excluding hydrogens is 388 g/mol. The van der Waals surface area contributed by atoms with E-state index in [1.165, 1.54) is 0 Å². The molecule has 2 heterocycles. The third-order valence-electron chi connectivity index (χ3n) is 4.84. The zero-order chi connectivity index (χ0) is 21.0. The summed E-state index contributed by atoms with van der Waals surface area (Å²) in [6.45, 7) is 8.00. The van der Waals surface area contributed by atoms with Crippen LogP contribution in [-0.4, -0.2) is 35.6 Å². The van der Waals surface area contributed by atoms with E-state index in [0.29, 0.717) is 24.5 Å². The number of hydrogen-bond donors (Lipinski definition) is 0. The van der Waals surface area contributed by atoms with E-state index < -0.39 is 12.1 Å². The minimum Gasteiger partial charge on any atom is -0.479 e. The number of thiazole rings is 1. The van der Waals surface area contributed by atoms with Crippen LogP contribution in [0, 0.1) is 0 Å². The Morgan fingerprint density at radius 2 is 2.10 bits per heavy atom. The number of carbonyl (C=O) groups is 2. The lowest BCUT2D eigenvalue weighted by Crippen LogP contribution is -2.53. The Morgan fingerprint density at radius 1 is 1.31 bits per heavy atom. The van der Waals surface area contributed by atoms with Crippen LogP contribution in [0.25, 0.3) is 11.3 Å². The van der Waals surface area contributed by atoms with Gasteiger partial charge in [-0.3, -0.25) is 9.69 Å². The molecular formula is C22H28N2O4S. The second-order valence-corrected chi connectivity index (χ2v) is 8.06. The van der Waals surface area contributed by atoms with E-state index >= 15 is 0 Å². The summed E-state index contributed by atoms with van der Waals surface area (Å²) in [5.41, 5.74) is 2.36. The highest BCUT2D eigenvalue weighted by molar-refractivity contribution is 7.09. The zero-order valence-electron chi connectivity index (χ0n) is 17.4. The summed E-state index contributed by atoms with van der Waals surface area (Å²) in [6, 6.07) is 5.00. The maximum atomic E-state index is 13.0. The molecule has 6 nitrogen and oxygen atoms in total. The monoisotopic (exact) mass is 416 g/mol. The van der Waals surface area contributed by atoms with E-state index in [-0.39, 0.29) is 11.9 Å². The SMILES string of the molecule is CCCOC(=O)C(CC)N1C(=O)C(C)Oc2ccc(-c3csc(CCC)n3)cc21. The average Bonchev–Trinajstić information content (AvgIpc) is 3.18. The van der Waals surface area contributed by atoms with E-state index in [2.05, 4.69) is 6.92 Å². The van der Waals surface area contributed by atoms with Gasteiger partial charge in [0.1, 0.15) is 11.8 Å². The second-order valence-electron chi connectivity index (χ2n) is 7.12. The van der Waals surface area contributed by atoms with Gasteiger partial charge in [-0.2, -0.15) is 0 Å².